The molecule has 0 unspecified atom stereocenters. The molecule has 2 aromatic heterocycles. The third-order valence-corrected chi connectivity index (χ3v) is 4.62. The number of nitrogens with one attached hydrogen (secondary N) is 2. The molecule has 0 aliphatic carbocycles. The molecular formula is C22H21N5O2. The number of aromatic nitrogens is 4. The van der Waals surface area contributed by atoms with E-state index in [0.29, 0.717) is 11.4 Å². The molecule has 0 radical (unpaired) electrons. The average molecular weight is 387 g/mol. The lowest BCUT2D eigenvalue weighted by molar-refractivity contribution is 0.102. The molecule has 0 aliphatic heterocycles. The third-order valence-electron chi connectivity index (χ3n) is 4.62. The van der Waals surface area contributed by atoms with Crippen molar-refractivity contribution in [2.24, 2.45) is 0 Å². The van der Waals surface area contributed by atoms with Crippen molar-refractivity contribution in [3.63, 3.8) is 0 Å². The van der Waals surface area contributed by atoms with Gasteiger partial charge in [0.25, 0.3) is 11.5 Å². The van der Waals surface area contributed by atoms with Gasteiger partial charge >= 0.3 is 0 Å². The maximum Gasteiger partial charge on any atom is 0.256 e. The van der Waals surface area contributed by atoms with Crippen LogP contribution in [0.15, 0.2) is 65.5 Å². The maximum atomic E-state index is 12.5. The zero-order valence-electron chi connectivity index (χ0n) is 16.4. The van der Waals surface area contributed by atoms with Crippen molar-refractivity contribution >= 4 is 17.5 Å². The highest BCUT2D eigenvalue weighted by Gasteiger charge is 2.16. The van der Waals surface area contributed by atoms with E-state index < -0.39 is 0 Å². The predicted octanol–water partition coefficient (Wildman–Crippen LogP) is 3.63. The first-order valence-corrected chi connectivity index (χ1v) is 9.29. The van der Waals surface area contributed by atoms with Gasteiger partial charge in [-0.25, -0.2) is 0 Å². The van der Waals surface area contributed by atoms with Crippen molar-refractivity contribution in [2.45, 2.75) is 26.2 Å². The van der Waals surface area contributed by atoms with Crippen LogP contribution in [0.1, 0.15) is 36.7 Å². The van der Waals surface area contributed by atoms with Crippen molar-refractivity contribution in [1.29, 1.82) is 0 Å². The van der Waals surface area contributed by atoms with Crippen molar-refractivity contribution in [3.05, 3.63) is 82.1 Å². The molecule has 4 aromatic rings. The third kappa shape index (κ3) is 3.80. The molecule has 7 nitrogen and oxygen atoms in total. The van der Waals surface area contributed by atoms with Crippen molar-refractivity contribution < 1.29 is 4.79 Å². The minimum absolute atomic E-state index is 0.0466. The van der Waals surface area contributed by atoms with Gasteiger partial charge in [-0.1, -0.05) is 63.2 Å². The van der Waals surface area contributed by atoms with Crippen LogP contribution in [0.4, 0.5) is 5.82 Å². The minimum Gasteiger partial charge on any atom is -0.306 e. The van der Waals surface area contributed by atoms with Crippen LogP contribution in [0.25, 0.3) is 17.2 Å². The fraction of sp³-hybridized carbons (Fsp3) is 0.182. The number of H-pyrrole nitrogens is 1. The second kappa shape index (κ2) is 7.01. The van der Waals surface area contributed by atoms with E-state index in [0.717, 1.165) is 5.56 Å². The topological polar surface area (TPSA) is 92.1 Å². The second-order valence-corrected chi connectivity index (χ2v) is 7.84. The van der Waals surface area contributed by atoms with Crippen LogP contribution in [0.3, 0.4) is 0 Å². The van der Waals surface area contributed by atoms with Crippen LogP contribution >= 0.6 is 0 Å². The molecule has 0 bridgehead atoms. The number of aromatic amines is 1. The van der Waals surface area contributed by atoms with Crippen LogP contribution < -0.4 is 10.9 Å². The summed E-state index contributed by atoms with van der Waals surface area (Å²) in [6.45, 7) is 6.45. The monoisotopic (exact) mass is 387 g/mol. The predicted molar refractivity (Wildman–Crippen MR) is 112 cm³/mol. The van der Waals surface area contributed by atoms with Crippen molar-refractivity contribution in [2.75, 3.05) is 5.32 Å². The van der Waals surface area contributed by atoms with Gasteiger partial charge in [-0.3, -0.25) is 14.6 Å². The summed E-state index contributed by atoms with van der Waals surface area (Å²) in [5.41, 5.74) is 2.18. The van der Waals surface area contributed by atoms with Gasteiger partial charge < -0.3 is 5.32 Å². The van der Waals surface area contributed by atoms with Crippen LogP contribution in [-0.2, 0) is 5.41 Å². The summed E-state index contributed by atoms with van der Waals surface area (Å²) in [5, 5.41) is 7.22. The Morgan fingerprint density at radius 1 is 1.03 bits per heavy atom. The van der Waals surface area contributed by atoms with E-state index in [1.807, 2.05) is 30.3 Å². The number of benzene rings is 2. The molecule has 2 heterocycles. The maximum absolute atomic E-state index is 12.5. The normalized spacial score (nSPS) is 11.6. The molecule has 4 rings (SSSR count). The standard InChI is InChI=1S/C22H21N5O2/c1-22(2,3)16-11-9-14(10-12-16)19-25-21-24-18(28)13-17(27(21)26-19)23-20(29)15-7-5-4-6-8-15/h4-13H,1-3H3,(H,23,29)(H,24,25,26,28). The van der Waals surface area contributed by atoms with Gasteiger partial charge in [0.1, 0.15) is 5.82 Å². The van der Waals surface area contributed by atoms with Crippen LogP contribution in [0, 0.1) is 0 Å². The molecule has 2 aromatic carbocycles. The molecule has 1 amide bonds. The summed E-state index contributed by atoms with van der Waals surface area (Å²) in [7, 11) is 0. The van der Waals surface area contributed by atoms with E-state index in [2.05, 4.69) is 41.2 Å². The molecule has 7 heteroatoms. The zero-order chi connectivity index (χ0) is 20.6. The van der Waals surface area contributed by atoms with Crippen LogP contribution in [-0.4, -0.2) is 25.5 Å². The highest BCUT2D eigenvalue weighted by Crippen LogP contribution is 2.25. The number of amides is 1. The van der Waals surface area contributed by atoms with Gasteiger partial charge in [0, 0.05) is 17.2 Å². The molecule has 29 heavy (non-hydrogen) atoms. The summed E-state index contributed by atoms with van der Waals surface area (Å²) >= 11 is 0. The molecule has 2 N–H and O–H groups in total. The first-order chi connectivity index (χ1) is 13.8. The van der Waals surface area contributed by atoms with E-state index >= 15 is 0 Å². The number of hydrogen-bond acceptors (Lipinski definition) is 4. The molecule has 146 valence electrons. The molecular weight excluding hydrogens is 366 g/mol. The summed E-state index contributed by atoms with van der Waals surface area (Å²) < 4.78 is 1.43. The molecule has 0 spiro atoms. The lowest BCUT2D eigenvalue weighted by Crippen LogP contribution is -2.18. The molecule has 0 saturated carbocycles. The highest BCUT2D eigenvalue weighted by molar-refractivity contribution is 6.03. The Bertz CT molecular complexity index is 1230. The number of carbonyl (C=O) groups is 1. The summed E-state index contributed by atoms with van der Waals surface area (Å²) in [6.07, 6.45) is 0. The fourth-order valence-corrected chi connectivity index (χ4v) is 3.00. The van der Waals surface area contributed by atoms with E-state index in [1.54, 1.807) is 24.3 Å². The number of rotatable bonds is 3. The second-order valence-electron chi connectivity index (χ2n) is 7.84. The Morgan fingerprint density at radius 3 is 2.38 bits per heavy atom. The quantitative estimate of drug-likeness (QED) is 0.561. The lowest BCUT2D eigenvalue weighted by atomic mass is 9.87. The Balaban J connectivity index is 1.72. The van der Waals surface area contributed by atoms with E-state index in [1.165, 1.54) is 16.1 Å². The lowest BCUT2D eigenvalue weighted by Gasteiger charge is -2.18. The number of fused-ring (bicyclic) bond motifs is 1. The van der Waals surface area contributed by atoms with Gasteiger partial charge in [-0.2, -0.15) is 9.50 Å². The van der Waals surface area contributed by atoms with Gasteiger partial charge in [-0.15, -0.1) is 5.10 Å². The Morgan fingerprint density at radius 2 is 1.72 bits per heavy atom. The van der Waals surface area contributed by atoms with Gasteiger partial charge in [0.2, 0.25) is 5.78 Å². The Hall–Kier alpha value is -3.74. The van der Waals surface area contributed by atoms with Crippen LogP contribution in [0.2, 0.25) is 0 Å². The molecule has 0 atom stereocenters. The molecule has 0 saturated heterocycles. The Kier molecular flexibility index (Phi) is 4.50. The number of nitrogens with zero attached hydrogens (tertiary/aromatic N) is 3. The van der Waals surface area contributed by atoms with E-state index in [-0.39, 0.29) is 28.5 Å². The van der Waals surface area contributed by atoms with Crippen molar-refractivity contribution in [3.8, 4) is 11.4 Å². The van der Waals surface area contributed by atoms with Crippen LogP contribution in [0.5, 0.6) is 0 Å². The summed E-state index contributed by atoms with van der Waals surface area (Å²) in [5.74, 6) is 0.644. The van der Waals surface area contributed by atoms with E-state index in [9.17, 15) is 9.59 Å². The average Bonchev–Trinajstić information content (AvgIpc) is 3.12. The van der Waals surface area contributed by atoms with E-state index in [4.69, 9.17) is 0 Å². The summed E-state index contributed by atoms with van der Waals surface area (Å²) in [6, 6.07) is 18.1. The molecule has 0 aliphatic rings. The largest absolute Gasteiger partial charge is 0.306 e. The smallest absolute Gasteiger partial charge is 0.256 e. The highest BCUT2D eigenvalue weighted by atomic mass is 16.2. The van der Waals surface area contributed by atoms with Gasteiger partial charge in [0.15, 0.2) is 5.82 Å². The zero-order valence-corrected chi connectivity index (χ0v) is 16.4. The fourth-order valence-electron chi connectivity index (χ4n) is 3.00. The minimum atomic E-state index is -0.372. The van der Waals surface area contributed by atoms with Gasteiger partial charge in [-0.05, 0) is 23.1 Å². The number of hydrogen-bond donors (Lipinski definition) is 2. The molecule has 0 fully saturated rings. The van der Waals surface area contributed by atoms with Crippen molar-refractivity contribution in [1.82, 2.24) is 19.6 Å². The summed E-state index contributed by atoms with van der Waals surface area (Å²) in [4.78, 5) is 31.6. The first kappa shape index (κ1) is 18.6. The number of carbonyl (C=O) groups excluding carboxylic acids is 1. The first-order valence-electron chi connectivity index (χ1n) is 9.29. The Labute approximate surface area is 167 Å². The number of anilines is 1. The SMILES string of the molecule is CC(C)(C)c1ccc(-c2nc3[nH]c(=O)cc(NC(=O)c4ccccc4)n3n2)cc1. The van der Waals surface area contributed by atoms with Gasteiger partial charge in [0.05, 0.1) is 0 Å².